The second-order valence-corrected chi connectivity index (χ2v) is 6.23. The number of hydrogen-bond donors (Lipinski definition) is 1. The highest BCUT2D eigenvalue weighted by atomic mass is 16.5. The van der Waals surface area contributed by atoms with Crippen LogP contribution in [0, 0.1) is 0 Å². The number of rotatable bonds is 13. The number of carbonyl (C=O) groups excluding carboxylic acids is 1. The van der Waals surface area contributed by atoms with E-state index in [2.05, 4.69) is 16.9 Å². The van der Waals surface area contributed by atoms with Crippen molar-refractivity contribution in [1.82, 2.24) is 0 Å². The minimum Gasteiger partial charge on any atom is -0.462 e. The summed E-state index contributed by atoms with van der Waals surface area (Å²) in [6.07, 6.45) is 6.21. The minimum atomic E-state index is -0.317. The Kier molecular flexibility index (Phi) is 11.2. The molecule has 0 bridgehead atoms. The van der Waals surface area contributed by atoms with Crippen LogP contribution in [0.5, 0.6) is 0 Å². The summed E-state index contributed by atoms with van der Waals surface area (Å²) in [5.74, 6) is -0.314. The number of aliphatic hydroxyl groups is 1. The number of carbonyl (C=O) groups is 1. The maximum Gasteiger partial charge on any atom is 0.338 e. The predicted octanol–water partition coefficient (Wildman–Crippen LogP) is 5.02. The quantitative estimate of drug-likeness (QED) is 0.178. The fourth-order valence-corrected chi connectivity index (χ4v) is 2.61. The van der Waals surface area contributed by atoms with Gasteiger partial charge in [-0.05, 0) is 56.2 Å². The summed E-state index contributed by atoms with van der Waals surface area (Å²) in [5.41, 5.74) is 9.22. The number of esters is 1. The minimum absolute atomic E-state index is 0.105. The lowest BCUT2D eigenvalue weighted by Crippen LogP contribution is -2.12. The molecular weight excluding hydrogens is 318 g/mol. The van der Waals surface area contributed by atoms with Crippen LogP contribution >= 0.6 is 0 Å². The lowest BCUT2D eigenvalue weighted by atomic mass is 10.0. The summed E-state index contributed by atoms with van der Waals surface area (Å²) in [6, 6.07) is 8.80. The molecule has 1 N–H and O–H groups in total. The van der Waals surface area contributed by atoms with E-state index in [-0.39, 0.29) is 18.1 Å². The van der Waals surface area contributed by atoms with E-state index in [4.69, 9.17) is 10.3 Å². The molecule has 1 rings (SSSR count). The average Bonchev–Trinajstić information content (AvgIpc) is 2.64. The highest BCUT2D eigenvalue weighted by molar-refractivity contribution is 5.89. The first-order valence-corrected chi connectivity index (χ1v) is 9.11. The second kappa shape index (κ2) is 13.3. The van der Waals surface area contributed by atoms with Gasteiger partial charge in [-0.25, -0.2) is 4.79 Å². The third kappa shape index (κ3) is 9.75. The molecule has 0 aliphatic carbocycles. The van der Waals surface area contributed by atoms with Crippen molar-refractivity contribution in [3.63, 3.8) is 0 Å². The largest absolute Gasteiger partial charge is 0.462 e. The molecule has 0 unspecified atom stereocenters. The summed E-state index contributed by atoms with van der Waals surface area (Å²) < 4.78 is 5.23. The van der Waals surface area contributed by atoms with Crippen LogP contribution < -0.4 is 0 Å². The Morgan fingerprint density at radius 2 is 1.92 bits per heavy atom. The second-order valence-electron chi connectivity index (χ2n) is 6.23. The van der Waals surface area contributed by atoms with Crippen LogP contribution in [0.4, 0.5) is 0 Å². The third-order valence-corrected chi connectivity index (χ3v) is 4.11. The SMILES string of the molecule is CCCC[C@@H](O)CC[C@H](CCCCOC(=O)c1ccccc1)N=[N+]=[N-]. The van der Waals surface area contributed by atoms with Crippen molar-refractivity contribution < 1.29 is 14.6 Å². The van der Waals surface area contributed by atoms with Crippen molar-refractivity contribution in [3.05, 3.63) is 46.3 Å². The zero-order valence-electron chi connectivity index (χ0n) is 15.0. The van der Waals surface area contributed by atoms with Crippen LogP contribution in [0.25, 0.3) is 10.4 Å². The van der Waals surface area contributed by atoms with Crippen molar-refractivity contribution in [2.75, 3.05) is 6.61 Å². The molecule has 6 heteroatoms. The maximum absolute atomic E-state index is 11.8. The molecular formula is C19H29N3O3. The molecule has 0 radical (unpaired) electrons. The molecule has 0 saturated heterocycles. The van der Waals surface area contributed by atoms with Gasteiger partial charge in [0.15, 0.2) is 0 Å². The van der Waals surface area contributed by atoms with Gasteiger partial charge in [0.1, 0.15) is 0 Å². The summed E-state index contributed by atoms with van der Waals surface area (Å²) in [7, 11) is 0. The van der Waals surface area contributed by atoms with E-state index in [0.717, 1.165) is 38.5 Å². The van der Waals surface area contributed by atoms with Gasteiger partial charge in [-0.1, -0.05) is 43.1 Å². The topological polar surface area (TPSA) is 95.3 Å². The van der Waals surface area contributed by atoms with E-state index in [0.29, 0.717) is 25.0 Å². The monoisotopic (exact) mass is 347 g/mol. The Balaban J connectivity index is 2.20. The molecule has 2 atom stereocenters. The molecule has 25 heavy (non-hydrogen) atoms. The van der Waals surface area contributed by atoms with E-state index in [9.17, 15) is 9.90 Å². The zero-order chi connectivity index (χ0) is 18.3. The fraction of sp³-hybridized carbons (Fsp3) is 0.632. The molecule has 0 heterocycles. The van der Waals surface area contributed by atoms with E-state index in [1.165, 1.54) is 0 Å². The van der Waals surface area contributed by atoms with Crippen LogP contribution in [0.2, 0.25) is 0 Å². The van der Waals surface area contributed by atoms with E-state index in [1.54, 1.807) is 24.3 Å². The van der Waals surface area contributed by atoms with Gasteiger partial charge in [0, 0.05) is 11.0 Å². The maximum atomic E-state index is 11.8. The lowest BCUT2D eigenvalue weighted by molar-refractivity contribution is 0.0497. The number of azide groups is 1. The molecule has 0 amide bonds. The molecule has 0 fully saturated rings. The summed E-state index contributed by atoms with van der Waals surface area (Å²) in [4.78, 5) is 14.7. The molecule has 0 spiro atoms. The van der Waals surface area contributed by atoms with E-state index >= 15 is 0 Å². The molecule has 1 aromatic carbocycles. The number of aliphatic hydroxyl groups excluding tert-OH is 1. The third-order valence-electron chi connectivity index (χ3n) is 4.11. The number of benzene rings is 1. The standard InChI is InChI=1S/C19H29N3O3/c1-2-3-12-18(23)14-13-17(21-22-20)11-7-8-15-25-19(24)16-9-5-4-6-10-16/h4-6,9-10,17-18,23H,2-3,7-8,11-15H2,1H3/t17-,18+/m0/s1. The Morgan fingerprint density at radius 3 is 2.60 bits per heavy atom. The highest BCUT2D eigenvalue weighted by Gasteiger charge is 2.11. The molecule has 1 aromatic rings. The summed E-state index contributed by atoms with van der Waals surface area (Å²) >= 11 is 0. The van der Waals surface area contributed by atoms with Crippen molar-refractivity contribution in [1.29, 1.82) is 0 Å². The highest BCUT2D eigenvalue weighted by Crippen LogP contribution is 2.15. The first kappa shape index (κ1) is 21.0. The molecule has 138 valence electrons. The van der Waals surface area contributed by atoms with Crippen molar-refractivity contribution >= 4 is 5.97 Å². The van der Waals surface area contributed by atoms with Gasteiger partial charge in [-0.15, -0.1) is 0 Å². The Morgan fingerprint density at radius 1 is 1.16 bits per heavy atom. The smallest absolute Gasteiger partial charge is 0.338 e. The molecule has 6 nitrogen and oxygen atoms in total. The van der Waals surface area contributed by atoms with Gasteiger partial charge >= 0.3 is 5.97 Å². The lowest BCUT2D eigenvalue weighted by Gasteiger charge is -2.14. The molecule has 0 aliphatic heterocycles. The van der Waals surface area contributed by atoms with Crippen molar-refractivity contribution in [2.24, 2.45) is 5.11 Å². The van der Waals surface area contributed by atoms with Crippen LogP contribution in [0.3, 0.4) is 0 Å². The van der Waals surface area contributed by atoms with E-state index < -0.39 is 0 Å². The Labute approximate surface area is 149 Å². The number of unbranched alkanes of at least 4 members (excludes halogenated alkanes) is 2. The number of nitrogens with zero attached hydrogens (tertiary/aromatic N) is 3. The first-order chi connectivity index (χ1) is 12.2. The summed E-state index contributed by atoms with van der Waals surface area (Å²) in [5, 5.41) is 13.7. The van der Waals surface area contributed by atoms with Gasteiger partial charge < -0.3 is 9.84 Å². The van der Waals surface area contributed by atoms with Crippen LogP contribution in [-0.4, -0.2) is 29.8 Å². The summed E-state index contributed by atoms with van der Waals surface area (Å²) in [6.45, 7) is 2.45. The average molecular weight is 347 g/mol. The zero-order valence-corrected chi connectivity index (χ0v) is 15.0. The number of ether oxygens (including phenoxy) is 1. The molecule has 0 saturated carbocycles. The normalized spacial score (nSPS) is 12.9. The van der Waals surface area contributed by atoms with Crippen molar-refractivity contribution in [2.45, 2.75) is 70.4 Å². The van der Waals surface area contributed by atoms with Crippen molar-refractivity contribution in [3.8, 4) is 0 Å². The predicted molar refractivity (Wildman–Crippen MR) is 98.3 cm³/mol. The first-order valence-electron chi connectivity index (χ1n) is 9.11. The van der Waals surface area contributed by atoms with Crippen LogP contribution in [0.15, 0.2) is 35.4 Å². The Bertz CT molecular complexity index is 530. The fourth-order valence-electron chi connectivity index (χ4n) is 2.61. The van der Waals surface area contributed by atoms with Gasteiger partial charge in [0.2, 0.25) is 0 Å². The van der Waals surface area contributed by atoms with Gasteiger partial charge in [-0.2, -0.15) is 0 Å². The molecule has 0 aliphatic rings. The van der Waals surface area contributed by atoms with Crippen LogP contribution in [0.1, 0.15) is 68.6 Å². The van der Waals surface area contributed by atoms with Gasteiger partial charge in [0.05, 0.1) is 18.3 Å². The molecule has 0 aromatic heterocycles. The van der Waals surface area contributed by atoms with E-state index in [1.807, 2.05) is 6.07 Å². The van der Waals surface area contributed by atoms with Gasteiger partial charge in [-0.3, -0.25) is 0 Å². The number of hydrogen-bond acceptors (Lipinski definition) is 4. The van der Waals surface area contributed by atoms with Crippen LogP contribution in [-0.2, 0) is 4.74 Å². The van der Waals surface area contributed by atoms with Gasteiger partial charge in [0.25, 0.3) is 0 Å². The Hall–Kier alpha value is -2.04.